The van der Waals surface area contributed by atoms with E-state index in [1.807, 2.05) is 18.0 Å². The monoisotopic (exact) mass is 410 g/mol. The summed E-state index contributed by atoms with van der Waals surface area (Å²) in [7, 11) is 1.93. The number of amides is 1. The Balaban J connectivity index is 1.31. The van der Waals surface area contributed by atoms with Crippen LogP contribution in [0.1, 0.15) is 37.3 Å². The summed E-state index contributed by atoms with van der Waals surface area (Å²) in [6, 6.07) is 8.90. The van der Waals surface area contributed by atoms with E-state index in [0.717, 1.165) is 43.6 Å². The van der Waals surface area contributed by atoms with Crippen LogP contribution in [-0.4, -0.2) is 73.5 Å². The van der Waals surface area contributed by atoms with E-state index in [0.29, 0.717) is 32.2 Å². The first-order valence-corrected chi connectivity index (χ1v) is 11.0. The van der Waals surface area contributed by atoms with E-state index in [1.54, 1.807) is 0 Å². The summed E-state index contributed by atoms with van der Waals surface area (Å²) >= 11 is 0. The molecule has 0 saturated carbocycles. The molecular weight excluding hydrogens is 380 g/mol. The van der Waals surface area contributed by atoms with Gasteiger partial charge in [0.25, 0.3) is 0 Å². The molecule has 7 heteroatoms. The average molecular weight is 411 g/mol. The second kappa shape index (κ2) is 7.31. The Morgan fingerprint density at radius 2 is 2.03 bits per heavy atom. The molecule has 30 heavy (non-hydrogen) atoms. The van der Waals surface area contributed by atoms with Crippen LogP contribution >= 0.6 is 0 Å². The van der Waals surface area contributed by atoms with Gasteiger partial charge < -0.3 is 14.8 Å². The van der Waals surface area contributed by atoms with Crippen molar-refractivity contribution in [2.45, 2.75) is 55.9 Å². The lowest BCUT2D eigenvalue weighted by atomic mass is 9.79. The zero-order valence-corrected chi connectivity index (χ0v) is 17.8. The van der Waals surface area contributed by atoms with Gasteiger partial charge in [0.2, 0.25) is 5.91 Å². The van der Waals surface area contributed by atoms with Crippen LogP contribution in [-0.2, 0) is 26.1 Å². The third-order valence-corrected chi connectivity index (χ3v) is 7.55. The van der Waals surface area contributed by atoms with Crippen molar-refractivity contribution in [2.75, 3.05) is 45.2 Å². The van der Waals surface area contributed by atoms with Crippen LogP contribution in [0, 0.1) is 11.3 Å². The minimum absolute atomic E-state index is 0.0326. The van der Waals surface area contributed by atoms with E-state index in [4.69, 9.17) is 9.47 Å². The number of rotatable bonds is 3. The molecule has 160 valence electrons. The van der Waals surface area contributed by atoms with E-state index >= 15 is 0 Å². The van der Waals surface area contributed by atoms with Crippen LogP contribution in [0.4, 0.5) is 5.69 Å². The van der Waals surface area contributed by atoms with Crippen LogP contribution in [0.5, 0.6) is 0 Å². The van der Waals surface area contributed by atoms with Gasteiger partial charge in [-0.1, -0.05) is 12.1 Å². The number of nitrogens with one attached hydrogen (secondary N) is 1. The number of hydrogen-bond donors (Lipinski definition) is 1. The summed E-state index contributed by atoms with van der Waals surface area (Å²) < 4.78 is 11.7. The SMILES string of the molecule is C[C@@H](Cc1ccc2c(c1)C1(CC(C#N)N(C)C1)C(=O)N2)N1CCC2(CC1)OCCO2. The van der Waals surface area contributed by atoms with Crippen molar-refractivity contribution in [3.63, 3.8) is 0 Å². The van der Waals surface area contributed by atoms with Crippen LogP contribution in [0.15, 0.2) is 18.2 Å². The van der Waals surface area contributed by atoms with Crippen molar-refractivity contribution in [1.82, 2.24) is 9.80 Å². The molecule has 5 rings (SSSR count). The maximum atomic E-state index is 12.9. The predicted octanol–water partition coefficient (Wildman–Crippen LogP) is 1.87. The quantitative estimate of drug-likeness (QED) is 0.820. The van der Waals surface area contributed by atoms with Crippen molar-refractivity contribution < 1.29 is 14.3 Å². The Morgan fingerprint density at radius 3 is 2.70 bits per heavy atom. The number of carbonyl (C=O) groups is 1. The molecule has 3 atom stereocenters. The van der Waals surface area contributed by atoms with Gasteiger partial charge in [-0.2, -0.15) is 5.26 Å². The summed E-state index contributed by atoms with van der Waals surface area (Å²) in [6.45, 7) is 6.24. The van der Waals surface area contributed by atoms with Gasteiger partial charge in [-0.25, -0.2) is 0 Å². The molecule has 2 spiro atoms. The number of nitriles is 1. The Morgan fingerprint density at radius 1 is 1.30 bits per heavy atom. The minimum atomic E-state index is -0.599. The second-order valence-corrected chi connectivity index (χ2v) is 9.38. The Kier molecular flexibility index (Phi) is 4.86. The van der Waals surface area contributed by atoms with Crippen LogP contribution in [0.25, 0.3) is 0 Å². The van der Waals surface area contributed by atoms with Gasteiger partial charge in [0, 0.05) is 44.2 Å². The molecule has 0 bridgehead atoms. The summed E-state index contributed by atoms with van der Waals surface area (Å²) in [6.07, 6.45) is 3.34. The third-order valence-electron chi connectivity index (χ3n) is 7.55. The third kappa shape index (κ3) is 3.14. The fourth-order valence-corrected chi connectivity index (χ4v) is 5.74. The summed E-state index contributed by atoms with van der Waals surface area (Å²) in [4.78, 5) is 17.4. The van der Waals surface area contributed by atoms with E-state index < -0.39 is 5.41 Å². The molecule has 3 fully saturated rings. The molecule has 0 aliphatic carbocycles. The largest absolute Gasteiger partial charge is 0.347 e. The topological polar surface area (TPSA) is 77.8 Å². The smallest absolute Gasteiger partial charge is 0.236 e. The molecule has 1 N–H and O–H groups in total. The molecule has 2 unspecified atom stereocenters. The fraction of sp³-hybridized carbons (Fsp3) is 0.652. The van der Waals surface area contributed by atoms with Crippen LogP contribution in [0.3, 0.4) is 0 Å². The van der Waals surface area contributed by atoms with Crippen molar-refractivity contribution in [3.05, 3.63) is 29.3 Å². The van der Waals surface area contributed by atoms with E-state index in [2.05, 4.69) is 35.3 Å². The molecular formula is C23H30N4O3. The first-order valence-electron chi connectivity index (χ1n) is 11.0. The van der Waals surface area contributed by atoms with E-state index in [-0.39, 0.29) is 17.7 Å². The van der Waals surface area contributed by atoms with Crippen LogP contribution in [0.2, 0.25) is 0 Å². The number of likely N-dealkylation sites (tertiary alicyclic amines) is 2. The lowest BCUT2D eigenvalue weighted by molar-refractivity contribution is -0.187. The number of fused-ring (bicyclic) bond motifs is 2. The average Bonchev–Trinajstić information content (AvgIpc) is 3.40. The number of ether oxygens (including phenoxy) is 2. The first kappa shape index (κ1) is 20.0. The standard InChI is InChI=1S/C23H30N4O3/c1-16(27-7-5-23(6-8-27)29-9-10-30-23)11-17-3-4-20-19(12-17)22(21(28)25-20)13-18(14-24)26(2)15-22/h3-4,12,16,18H,5-11,13,15H2,1-2H3,(H,25,28)/t16-,18?,22?/m0/s1. The first-order chi connectivity index (χ1) is 14.4. The highest BCUT2D eigenvalue weighted by molar-refractivity contribution is 6.07. The molecule has 0 aromatic heterocycles. The molecule has 1 amide bonds. The van der Waals surface area contributed by atoms with Gasteiger partial charge in [0.1, 0.15) is 0 Å². The molecule has 4 aliphatic heterocycles. The van der Waals surface area contributed by atoms with Crippen molar-refractivity contribution in [3.8, 4) is 6.07 Å². The maximum Gasteiger partial charge on any atom is 0.236 e. The molecule has 1 aromatic carbocycles. The highest BCUT2D eigenvalue weighted by atomic mass is 16.7. The summed E-state index contributed by atoms with van der Waals surface area (Å²) in [5.74, 6) is -0.307. The van der Waals surface area contributed by atoms with Crippen LogP contribution < -0.4 is 5.32 Å². The summed E-state index contributed by atoms with van der Waals surface area (Å²) in [5, 5.41) is 12.5. The maximum absolute atomic E-state index is 12.9. The van der Waals surface area contributed by atoms with E-state index in [9.17, 15) is 10.1 Å². The summed E-state index contributed by atoms with van der Waals surface area (Å²) in [5.41, 5.74) is 2.61. The fourth-order valence-electron chi connectivity index (χ4n) is 5.74. The van der Waals surface area contributed by atoms with Crippen molar-refractivity contribution >= 4 is 11.6 Å². The van der Waals surface area contributed by atoms with Gasteiger partial charge in [0.05, 0.1) is 30.7 Å². The van der Waals surface area contributed by atoms with Gasteiger partial charge in [-0.3, -0.25) is 14.6 Å². The second-order valence-electron chi connectivity index (χ2n) is 9.38. The Labute approximate surface area is 177 Å². The van der Waals surface area contributed by atoms with Gasteiger partial charge in [-0.15, -0.1) is 0 Å². The molecule has 3 saturated heterocycles. The number of carbonyl (C=O) groups excluding carboxylic acids is 1. The van der Waals surface area contributed by atoms with Gasteiger partial charge >= 0.3 is 0 Å². The highest BCUT2D eigenvalue weighted by Crippen LogP contribution is 2.46. The molecule has 4 heterocycles. The van der Waals surface area contributed by atoms with Gasteiger partial charge in [0.15, 0.2) is 5.79 Å². The number of anilines is 1. The van der Waals surface area contributed by atoms with Gasteiger partial charge in [-0.05, 0) is 44.0 Å². The lowest BCUT2D eigenvalue weighted by Crippen LogP contribution is -2.48. The molecule has 4 aliphatic rings. The predicted molar refractivity (Wildman–Crippen MR) is 112 cm³/mol. The normalized spacial score (nSPS) is 31.8. The number of piperidine rings is 1. The Bertz CT molecular complexity index is 881. The number of hydrogen-bond acceptors (Lipinski definition) is 6. The number of likely N-dealkylation sites (N-methyl/N-ethyl adjacent to an activating group) is 1. The van der Waals surface area contributed by atoms with Crippen molar-refractivity contribution in [2.24, 2.45) is 0 Å². The van der Waals surface area contributed by atoms with Crippen molar-refractivity contribution in [1.29, 1.82) is 5.26 Å². The number of benzene rings is 1. The molecule has 7 nitrogen and oxygen atoms in total. The van der Waals surface area contributed by atoms with E-state index in [1.165, 1.54) is 5.56 Å². The lowest BCUT2D eigenvalue weighted by Gasteiger charge is -2.40. The number of nitrogens with zero attached hydrogens (tertiary/aromatic N) is 3. The molecule has 0 radical (unpaired) electrons. The molecule has 1 aromatic rings. The highest BCUT2D eigenvalue weighted by Gasteiger charge is 2.54. The minimum Gasteiger partial charge on any atom is -0.347 e. The zero-order valence-electron chi connectivity index (χ0n) is 17.8. The Hall–Kier alpha value is -1.98. The zero-order chi connectivity index (χ0) is 20.9.